The second kappa shape index (κ2) is 10.0. The van der Waals surface area contributed by atoms with Crippen LogP contribution in [0.15, 0.2) is 66.7 Å². The van der Waals surface area contributed by atoms with Gasteiger partial charge in [-0.2, -0.15) is 0 Å². The number of benzene rings is 3. The average Bonchev–Trinajstić information content (AvgIpc) is 3.21. The molecule has 0 aliphatic carbocycles. The highest BCUT2D eigenvalue weighted by Gasteiger charge is 2.20. The molecule has 0 radical (unpaired) electrons. The predicted octanol–water partition coefficient (Wildman–Crippen LogP) is 4.91. The topological polar surface area (TPSA) is 96.9 Å². The number of nitrogens with one attached hydrogen (secondary N) is 2. The number of aromatic amines is 1. The SMILES string of the molecule is Cc1ccc(-c2ccc3c(-c4ccc(C)cc4)c(C(=O)NC[C@@H](N)CCCN)[nH]c3c2)cc1. The Labute approximate surface area is 195 Å². The molecule has 3 aromatic carbocycles. The molecule has 4 rings (SSSR count). The van der Waals surface area contributed by atoms with Crippen LogP contribution in [0, 0.1) is 13.8 Å². The largest absolute Gasteiger partial charge is 0.350 e. The van der Waals surface area contributed by atoms with E-state index in [1.165, 1.54) is 11.1 Å². The highest BCUT2D eigenvalue weighted by molar-refractivity contribution is 6.10. The third kappa shape index (κ3) is 5.16. The molecule has 0 fully saturated rings. The molecule has 1 amide bonds. The van der Waals surface area contributed by atoms with Gasteiger partial charge < -0.3 is 21.8 Å². The Morgan fingerprint density at radius 1 is 0.909 bits per heavy atom. The van der Waals surface area contributed by atoms with Gasteiger partial charge in [0.15, 0.2) is 0 Å². The normalized spacial score (nSPS) is 12.1. The molecule has 0 unspecified atom stereocenters. The maximum absolute atomic E-state index is 13.2. The highest BCUT2D eigenvalue weighted by atomic mass is 16.1. The highest BCUT2D eigenvalue weighted by Crippen LogP contribution is 2.35. The van der Waals surface area contributed by atoms with Gasteiger partial charge in [0.1, 0.15) is 5.69 Å². The number of nitrogens with two attached hydrogens (primary N) is 2. The number of rotatable bonds is 8. The average molecular weight is 441 g/mol. The number of H-pyrrole nitrogens is 1. The Morgan fingerprint density at radius 3 is 2.15 bits per heavy atom. The number of carbonyl (C=O) groups excluding carboxylic acids is 1. The van der Waals surface area contributed by atoms with E-state index in [0.29, 0.717) is 18.8 Å². The summed E-state index contributed by atoms with van der Waals surface area (Å²) in [7, 11) is 0. The summed E-state index contributed by atoms with van der Waals surface area (Å²) in [6.07, 6.45) is 1.63. The lowest BCUT2D eigenvalue weighted by molar-refractivity contribution is 0.0947. The van der Waals surface area contributed by atoms with E-state index >= 15 is 0 Å². The molecule has 6 N–H and O–H groups in total. The quantitative estimate of drug-likeness (QED) is 0.313. The third-order valence-corrected chi connectivity index (χ3v) is 6.05. The van der Waals surface area contributed by atoms with Gasteiger partial charge in [-0.3, -0.25) is 4.79 Å². The smallest absolute Gasteiger partial charge is 0.268 e. The van der Waals surface area contributed by atoms with E-state index in [9.17, 15) is 4.79 Å². The number of carbonyl (C=O) groups is 1. The number of hydrogen-bond donors (Lipinski definition) is 4. The Balaban J connectivity index is 1.73. The molecule has 0 aliphatic rings. The fourth-order valence-corrected chi connectivity index (χ4v) is 4.11. The zero-order chi connectivity index (χ0) is 23.4. The van der Waals surface area contributed by atoms with Gasteiger partial charge in [-0.05, 0) is 56.0 Å². The second-order valence-corrected chi connectivity index (χ2v) is 8.77. The summed E-state index contributed by atoms with van der Waals surface area (Å²) in [4.78, 5) is 16.6. The fourth-order valence-electron chi connectivity index (χ4n) is 4.11. The van der Waals surface area contributed by atoms with Crippen LogP contribution in [0.1, 0.15) is 34.5 Å². The molecule has 1 atom stereocenters. The summed E-state index contributed by atoms with van der Waals surface area (Å²) in [5.74, 6) is -0.151. The molecule has 0 saturated carbocycles. The van der Waals surface area contributed by atoms with Crippen LogP contribution in [-0.2, 0) is 0 Å². The Bertz CT molecular complexity index is 1240. The van der Waals surface area contributed by atoms with Crippen molar-refractivity contribution in [1.82, 2.24) is 10.3 Å². The summed E-state index contributed by atoms with van der Waals surface area (Å²) in [6, 6.07) is 22.9. The van der Waals surface area contributed by atoms with E-state index in [0.717, 1.165) is 46.0 Å². The molecular weight excluding hydrogens is 408 g/mol. The monoisotopic (exact) mass is 440 g/mol. The Hall–Kier alpha value is -3.41. The predicted molar refractivity (Wildman–Crippen MR) is 137 cm³/mol. The summed E-state index contributed by atoms with van der Waals surface area (Å²) >= 11 is 0. The van der Waals surface area contributed by atoms with E-state index in [4.69, 9.17) is 11.5 Å². The lowest BCUT2D eigenvalue weighted by Gasteiger charge is -2.12. The Kier molecular flexibility index (Phi) is 6.92. The van der Waals surface area contributed by atoms with Gasteiger partial charge in [0.05, 0.1) is 0 Å². The van der Waals surface area contributed by atoms with Crippen LogP contribution in [0.2, 0.25) is 0 Å². The van der Waals surface area contributed by atoms with Crippen molar-refractivity contribution in [2.75, 3.05) is 13.1 Å². The molecule has 0 spiro atoms. The van der Waals surface area contributed by atoms with Crippen LogP contribution in [0.4, 0.5) is 0 Å². The maximum Gasteiger partial charge on any atom is 0.268 e. The van der Waals surface area contributed by atoms with Crippen LogP contribution >= 0.6 is 0 Å². The molecule has 0 saturated heterocycles. The lowest BCUT2D eigenvalue weighted by atomic mass is 9.98. The van der Waals surface area contributed by atoms with Crippen molar-refractivity contribution in [3.05, 3.63) is 83.6 Å². The van der Waals surface area contributed by atoms with Crippen molar-refractivity contribution in [2.45, 2.75) is 32.7 Å². The van der Waals surface area contributed by atoms with Gasteiger partial charge in [-0.25, -0.2) is 0 Å². The number of amides is 1. The summed E-state index contributed by atoms with van der Waals surface area (Å²) in [5.41, 5.74) is 19.8. The van der Waals surface area contributed by atoms with Crippen molar-refractivity contribution in [2.24, 2.45) is 11.5 Å². The second-order valence-electron chi connectivity index (χ2n) is 8.77. The van der Waals surface area contributed by atoms with Crippen LogP contribution in [-0.4, -0.2) is 30.0 Å². The van der Waals surface area contributed by atoms with Gasteiger partial charge in [-0.1, -0.05) is 71.8 Å². The number of aryl methyl sites for hydroxylation is 2. The fraction of sp³-hybridized carbons (Fsp3) is 0.250. The van der Waals surface area contributed by atoms with Gasteiger partial charge in [0, 0.05) is 29.1 Å². The molecule has 33 heavy (non-hydrogen) atoms. The molecule has 1 aromatic heterocycles. The summed E-state index contributed by atoms with van der Waals surface area (Å²) < 4.78 is 0. The summed E-state index contributed by atoms with van der Waals surface area (Å²) in [5, 5.41) is 4.03. The standard InChI is InChI=1S/C28H32N4O/c1-18-5-9-20(10-6-18)22-13-14-24-25(16-22)32-27(26(24)21-11-7-19(2)8-12-21)28(33)31-17-23(30)4-3-15-29/h5-14,16,23,32H,3-4,15,17,29-30H2,1-2H3,(H,31,33)/t23-/m0/s1. The van der Waals surface area contributed by atoms with Crippen molar-refractivity contribution < 1.29 is 4.79 Å². The Morgan fingerprint density at radius 2 is 1.52 bits per heavy atom. The van der Waals surface area contributed by atoms with Gasteiger partial charge in [0.25, 0.3) is 5.91 Å². The molecule has 0 bridgehead atoms. The van der Waals surface area contributed by atoms with Crippen molar-refractivity contribution in [3.8, 4) is 22.3 Å². The third-order valence-electron chi connectivity index (χ3n) is 6.05. The molecule has 0 aliphatic heterocycles. The minimum Gasteiger partial charge on any atom is -0.350 e. The number of fused-ring (bicyclic) bond motifs is 1. The first kappa shape index (κ1) is 22.8. The van der Waals surface area contributed by atoms with E-state index in [1.807, 2.05) is 0 Å². The molecule has 5 nitrogen and oxygen atoms in total. The van der Waals surface area contributed by atoms with Gasteiger partial charge in [0.2, 0.25) is 0 Å². The molecular formula is C28H32N4O. The van der Waals surface area contributed by atoms with E-state index < -0.39 is 0 Å². The molecule has 1 heterocycles. The zero-order valence-corrected chi connectivity index (χ0v) is 19.3. The van der Waals surface area contributed by atoms with Crippen LogP contribution in [0.25, 0.3) is 33.2 Å². The molecule has 4 aromatic rings. The molecule has 5 heteroatoms. The maximum atomic E-state index is 13.2. The number of hydrogen-bond acceptors (Lipinski definition) is 3. The number of aromatic nitrogens is 1. The summed E-state index contributed by atoms with van der Waals surface area (Å²) in [6.45, 7) is 5.16. The van der Waals surface area contributed by atoms with E-state index in [-0.39, 0.29) is 11.9 Å². The lowest BCUT2D eigenvalue weighted by Crippen LogP contribution is -2.37. The first-order valence-electron chi connectivity index (χ1n) is 11.5. The first-order chi connectivity index (χ1) is 16.0. The van der Waals surface area contributed by atoms with Crippen LogP contribution in [0.5, 0.6) is 0 Å². The van der Waals surface area contributed by atoms with Gasteiger partial charge in [-0.15, -0.1) is 0 Å². The van der Waals surface area contributed by atoms with Crippen molar-refractivity contribution in [1.29, 1.82) is 0 Å². The van der Waals surface area contributed by atoms with E-state index in [1.54, 1.807) is 0 Å². The van der Waals surface area contributed by atoms with E-state index in [2.05, 4.69) is 90.9 Å². The van der Waals surface area contributed by atoms with Crippen molar-refractivity contribution in [3.63, 3.8) is 0 Å². The molecule has 170 valence electrons. The van der Waals surface area contributed by atoms with Crippen LogP contribution < -0.4 is 16.8 Å². The van der Waals surface area contributed by atoms with Crippen LogP contribution in [0.3, 0.4) is 0 Å². The zero-order valence-electron chi connectivity index (χ0n) is 19.3. The van der Waals surface area contributed by atoms with Gasteiger partial charge >= 0.3 is 0 Å². The minimum absolute atomic E-state index is 0.113. The minimum atomic E-state index is -0.151. The van der Waals surface area contributed by atoms with Crippen molar-refractivity contribution >= 4 is 16.8 Å². The first-order valence-corrected chi connectivity index (χ1v) is 11.5.